The lowest BCUT2D eigenvalue weighted by molar-refractivity contribution is 0.146. The number of likely N-dealkylation sites (N-methyl/N-ethyl adjacent to an activating group) is 1. The minimum Gasteiger partial charge on any atom is -0.385 e. The van der Waals surface area contributed by atoms with Gasteiger partial charge in [0, 0.05) is 39.4 Å². The largest absolute Gasteiger partial charge is 0.385 e. The lowest BCUT2D eigenvalue weighted by Crippen LogP contribution is -2.51. The number of nitrogens with zero attached hydrogens (tertiary/aromatic N) is 1. The van der Waals surface area contributed by atoms with Crippen LogP contribution in [0, 0.1) is 17.7 Å². The second-order valence-corrected chi connectivity index (χ2v) is 10.9. The molecule has 0 radical (unpaired) electrons. The number of rotatable bonds is 12. The Balaban J connectivity index is 1.66. The molecule has 1 aliphatic carbocycles. The highest BCUT2D eigenvalue weighted by Crippen LogP contribution is 2.38. The van der Waals surface area contributed by atoms with E-state index in [9.17, 15) is 4.79 Å². The number of piperidine rings is 1. The molecule has 0 spiro atoms. The number of hydrogen-bond donors (Lipinski definition) is 2. The molecule has 2 fully saturated rings. The van der Waals surface area contributed by atoms with Gasteiger partial charge >= 0.3 is 6.03 Å². The van der Waals surface area contributed by atoms with Gasteiger partial charge in [-0.25, -0.2) is 9.18 Å². The standard InChI is InChI=1S/C28H45ClFN3O2/c1-31-19-23(18-21-10-4-3-5-11-21)32-28(34)33-16-9-12-22(20-33)24(13-6-7-17-35-2)25-14-8-15-26(29)27(25)30/h8,14-15,21-24,31H,3-7,9-13,16-20H2,1-2H3,(H,32,34)/t22-,23+,24-/m1/s1. The van der Waals surface area contributed by atoms with Crippen LogP contribution in [0.15, 0.2) is 18.2 Å². The Morgan fingerprint density at radius 3 is 2.74 bits per heavy atom. The van der Waals surface area contributed by atoms with Crippen LogP contribution < -0.4 is 10.6 Å². The Morgan fingerprint density at radius 2 is 2.00 bits per heavy atom. The maximum absolute atomic E-state index is 15.1. The molecule has 35 heavy (non-hydrogen) atoms. The summed E-state index contributed by atoms with van der Waals surface area (Å²) in [7, 11) is 3.66. The van der Waals surface area contributed by atoms with E-state index in [0.717, 1.165) is 51.6 Å². The number of urea groups is 1. The third-order valence-electron chi connectivity index (χ3n) is 7.93. The third kappa shape index (κ3) is 8.61. The Morgan fingerprint density at radius 1 is 1.20 bits per heavy atom. The molecule has 1 aromatic carbocycles. The van der Waals surface area contributed by atoms with E-state index in [1.54, 1.807) is 13.2 Å². The van der Waals surface area contributed by atoms with Gasteiger partial charge in [-0.05, 0) is 68.5 Å². The quantitative estimate of drug-likeness (QED) is 0.322. The van der Waals surface area contributed by atoms with Crippen LogP contribution >= 0.6 is 11.6 Å². The molecule has 198 valence electrons. The maximum Gasteiger partial charge on any atom is 0.317 e. The van der Waals surface area contributed by atoms with Crippen LogP contribution in [0.4, 0.5) is 9.18 Å². The van der Waals surface area contributed by atoms with E-state index in [4.69, 9.17) is 16.3 Å². The number of benzene rings is 1. The van der Waals surface area contributed by atoms with E-state index >= 15 is 4.39 Å². The molecule has 0 unspecified atom stereocenters. The molecule has 7 heteroatoms. The summed E-state index contributed by atoms with van der Waals surface area (Å²) in [6.07, 6.45) is 12.3. The number of carbonyl (C=O) groups is 1. The monoisotopic (exact) mass is 509 g/mol. The molecule has 3 atom stereocenters. The van der Waals surface area contributed by atoms with Crippen molar-refractivity contribution in [2.75, 3.05) is 40.4 Å². The molecule has 1 saturated carbocycles. The first-order valence-corrected chi connectivity index (χ1v) is 14.0. The number of likely N-dealkylation sites (tertiary alicyclic amines) is 1. The summed E-state index contributed by atoms with van der Waals surface area (Å²) in [5.41, 5.74) is 0.688. The van der Waals surface area contributed by atoms with Crippen molar-refractivity contribution in [3.63, 3.8) is 0 Å². The number of amides is 2. The van der Waals surface area contributed by atoms with Gasteiger partial charge in [0.25, 0.3) is 0 Å². The van der Waals surface area contributed by atoms with Crippen LogP contribution in [0.5, 0.6) is 0 Å². The topological polar surface area (TPSA) is 53.6 Å². The van der Waals surface area contributed by atoms with Crippen molar-refractivity contribution in [1.82, 2.24) is 15.5 Å². The molecule has 1 saturated heterocycles. The molecule has 5 nitrogen and oxygen atoms in total. The number of halogens is 2. The second-order valence-electron chi connectivity index (χ2n) is 10.5. The second kappa shape index (κ2) is 15.0. The van der Waals surface area contributed by atoms with Crippen LogP contribution in [0.25, 0.3) is 0 Å². The molecular formula is C28H45ClFN3O2. The molecule has 2 N–H and O–H groups in total. The minimum atomic E-state index is -0.311. The summed E-state index contributed by atoms with van der Waals surface area (Å²) >= 11 is 6.15. The van der Waals surface area contributed by atoms with Gasteiger partial charge in [-0.2, -0.15) is 0 Å². The number of carbonyl (C=O) groups excluding carboxylic acids is 1. The van der Waals surface area contributed by atoms with Gasteiger partial charge in [0.1, 0.15) is 5.82 Å². The molecular weight excluding hydrogens is 465 g/mol. The van der Waals surface area contributed by atoms with Gasteiger partial charge in [0.2, 0.25) is 0 Å². The summed E-state index contributed by atoms with van der Waals surface area (Å²) in [6.45, 7) is 2.90. The molecule has 3 rings (SSSR count). The predicted octanol–water partition coefficient (Wildman–Crippen LogP) is 6.36. The number of ether oxygens (including phenoxy) is 1. The van der Waals surface area contributed by atoms with E-state index in [2.05, 4.69) is 10.6 Å². The lowest BCUT2D eigenvalue weighted by atomic mass is 9.78. The van der Waals surface area contributed by atoms with Gasteiger partial charge in [-0.15, -0.1) is 0 Å². The number of hydrogen-bond acceptors (Lipinski definition) is 3. The van der Waals surface area contributed by atoms with E-state index < -0.39 is 0 Å². The molecule has 1 aliphatic heterocycles. The molecule has 2 amide bonds. The van der Waals surface area contributed by atoms with Crippen LogP contribution in [0.2, 0.25) is 5.02 Å². The minimum absolute atomic E-state index is 0.0236. The lowest BCUT2D eigenvalue weighted by Gasteiger charge is -2.38. The fourth-order valence-corrected chi connectivity index (χ4v) is 6.30. The summed E-state index contributed by atoms with van der Waals surface area (Å²) in [6, 6.07) is 5.48. The van der Waals surface area contributed by atoms with E-state index in [-0.39, 0.29) is 34.7 Å². The van der Waals surface area contributed by atoms with Gasteiger partial charge in [0.05, 0.1) is 5.02 Å². The summed E-state index contributed by atoms with van der Waals surface area (Å²) < 4.78 is 20.3. The van der Waals surface area contributed by atoms with Gasteiger partial charge < -0.3 is 20.3 Å². The van der Waals surface area contributed by atoms with Crippen LogP contribution in [-0.2, 0) is 4.74 Å². The first-order valence-electron chi connectivity index (χ1n) is 13.7. The van der Waals surface area contributed by atoms with Crippen molar-refractivity contribution in [1.29, 1.82) is 0 Å². The van der Waals surface area contributed by atoms with Crippen LogP contribution in [0.3, 0.4) is 0 Å². The Hall–Kier alpha value is -1.37. The van der Waals surface area contributed by atoms with E-state index in [0.29, 0.717) is 24.6 Å². The highest BCUT2D eigenvalue weighted by Gasteiger charge is 2.32. The summed E-state index contributed by atoms with van der Waals surface area (Å²) in [4.78, 5) is 15.3. The third-order valence-corrected chi connectivity index (χ3v) is 8.22. The van der Waals surface area contributed by atoms with Crippen molar-refractivity contribution >= 4 is 17.6 Å². The Kier molecular flexibility index (Phi) is 12.1. The van der Waals surface area contributed by atoms with Gasteiger partial charge in [0.15, 0.2) is 0 Å². The zero-order valence-corrected chi connectivity index (χ0v) is 22.4. The van der Waals surface area contributed by atoms with Crippen LogP contribution in [0.1, 0.15) is 82.1 Å². The maximum atomic E-state index is 15.1. The van der Waals surface area contributed by atoms with Crippen molar-refractivity contribution in [2.24, 2.45) is 11.8 Å². The molecule has 1 aromatic rings. The Labute approximate surface area is 216 Å². The first-order chi connectivity index (χ1) is 17.0. The fraction of sp³-hybridized carbons (Fsp3) is 0.750. The zero-order chi connectivity index (χ0) is 25.0. The Bertz CT molecular complexity index is 775. The predicted molar refractivity (Wildman–Crippen MR) is 142 cm³/mol. The summed E-state index contributed by atoms with van der Waals surface area (Å²) in [5.74, 6) is 0.649. The van der Waals surface area contributed by atoms with Crippen molar-refractivity contribution < 1.29 is 13.9 Å². The fourth-order valence-electron chi connectivity index (χ4n) is 6.12. The normalized spacial score (nSPS) is 21.0. The van der Waals surface area contributed by atoms with E-state index in [1.807, 2.05) is 24.1 Å². The highest BCUT2D eigenvalue weighted by atomic mass is 35.5. The summed E-state index contributed by atoms with van der Waals surface area (Å²) in [5, 5.41) is 6.76. The molecule has 0 aromatic heterocycles. The molecule has 0 bridgehead atoms. The van der Waals surface area contributed by atoms with Crippen LogP contribution in [-0.4, -0.2) is 57.4 Å². The first kappa shape index (κ1) is 28.2. The highest BCUT2D eigenvalue weighted by molar-refractivity contribution is 6.30. The van der Waals surface area contributed by atoms with Gasteiger partial charge in [-0.3, -0.25) is 0 Å². The number of methoxy groups -OCH3 is 1. The molecule has 1 heterocycles. The SMILES string of the molecule is CNC[C@H](CC1CCCCC1)NC(=O)N1CCC[C@@H]([C@@H](CCCCOC)c2cccc(Cl)c2F)C1. The average molecular weight is 510 g/mol. The average Bonchev–Trinajstić information content (AvgIpc) is 2.87. The smallest absolute Gasteiger partial charge is 0.317 e. The van der Waals surface area contributed by atoms with E-state index in [1.165, 1.54) is 32.1 Å². The zero-order valence-electron chi connectivity index (χ0n) is 21.7. The molecule has 2 aliphatic rings. The van der Waals surface area contributed by atoms with Crippen molar-refractivity contribution in [3.8, 4) is 0 Å². The van der Waals surface area contributed by atoms with Crippen molar-refractivity contribution in [2.45, 2.75) is 82.6 Å². The number of unbranched alkanes of at least 4 members (excludes halogenated alkanes) is 1. The number of nitrogens with one attached hydrogen (secondary N) is 2. The van der Waals surface area contributed by atoms with Crippen molar-refractivity contribution in [3.05, 3.63) is 34.6 Å². The van der Waals surface area contributed by atoms with Gasteiger partial charge in [-0.1, -0.05) is 62.3 Å².